The molecule has 5 heterocycles. The molecule has 0 amide bonds. The zero-order valence-corrected chi connectivity index (χ0v) is 24.6. The van der Waals surface area contributed by atoms with Crippen LogP contribution in [-0.4, -0.2) is 81.6 Å². The van der Waals surface area contributed by atoms with Crippen molar-refractivity contribution in [1.82, 2.24) is 24.8 Å². The molecule has 2 aromatic heterocycles. The third kappa shape index (κ3) is 6.75. The molecule has 0 unspecified atom stereocenters. The standard InChI is InChI=1S/C30H34Cl2N6O3/c1-36-17-22-18-38(7-4-27(22)36)30-33-14-25(15-34-30)41-28-9-20(16-37-5-2-19(3-6-37)10-29(39)40)8-26(35-28)21-11-23(31)13-24(32)12-21/h8-9,11-15,19,22,27H,2-7,10,16-18H2,1H3,(H,39,40)/t22-,27+/m1/s1. The number of likely N-dealkylation sites (tertiary alicyclic amines) is 2. The zero-order valence-electron chi connectivity index (χ0n) is 23.0. The van der Waals surface area contributed by atoms with Gasteiger partial charge in [-0.3, -0.25) is 9.69 Å². The summed E-state index contributed by atoms with van der Waals surface area (Å²) in [6.07, 6.45) is 6.52. The summed E-state index contributed by atoms with van der Waals surface area (Å²) < 4.78 is 6.19. The Labute approximate surface area is 250 Å². The average Bonchev–Trinajstić information content (AvgIpc) is 2.93. The van der Waals surface area contributed by atoms with Crippen LogP contribution >= 0.6 is 23.2 Å². The van der Waals surface area contributed by atoms with Gasteiger partial charge in [0.1, 0.15) is 0 Å². The second-order valence-electron chi connectivity index (χ2n) is 11.5. The highest BCUT2D eigenvalue weighted by Crippen LogP contribution is 2.33. The van der Waals surface area contributed by atoms with Gasteiger partial charge in [-0.2, -0.15) is 0 Å². The second-order valence-corrected chi connectivity index (χ2v) is 12.4. The van der Waals surface area contributed by atoms with Crippen LogP contribution in [0, 0.1) is 11.8 Å². The van der Waals surface area contributed by atoms with Crippen LogP contribution in [0.4, 0.5) is 5.95 Å². The van der Waals surface area contributed by atoms with Crippen molar-refractivity contribution in [3.63, 3.8) is 0 Å². The molecule has 2 atom stereocenters. The fraction of sp³-hybridized carbons (Fsp3) is 0.467. The van der Waals surface area contributed by atoms with Gasteiger partial charge in [0.25, 0.3) is 0 Å². The van der Waals surface area contributed by atoms with Gasteiger partial charge in [-0.25, -0.2) is 15.0 Å². The van der Waals surface area contributed by atoms with Crippen LogP contribution in [0.5, 0.6) is 11.6 Å². The predicted octanol–water partition coefficient (Wildman–Crippen LogP) is 5.46. The highest BCUT2D eigenvalue weighted by atomic mass is 35.5. The van der Waals surface area contributed by atoms with Crippen molar-refractivity contribution in [3.05, 3.63) is 58.3 Å². The number of carboxylic acids is 1. The second kappa shape index (κ2) is 12.1. The van der Waals surface area contributed by atoms with Crippen molar-refractivity contribution in [2.24, 2.45) is 11.8 Å². The number of pyridine rings is 1. The predicted molar refractivity (Wildman–Crippen MR) is 159 cm³/mol. The lowest BCUT2D eigenvalue weighted by Crippen LogP contribution is -2.62. The Balaban J connectivity index is 1.19. The SMILES string of the molecule is CN1C[C@@H]2CN(c3ncc(Oc4cc(CN5CCC(CC(=O)O)CC5)cc(-c5cc(Cl)cc(Cl)c5)n4)cn3)CC[C@@H]21. The summed E-state index contributed by atoms with van der Waals surface area (Å²) in [7, 11) is 2.19. The monoisotopic (exact) mass is 596 g/mol. The molecule has 3 aliphatic heterocycles. The van der Waals surface area contributed by atoms with Gasteiger partial charge >= 0.3 is 5.97 Å². The van der Waals surface area contributed by atoms with Crippen molar-refractivity contribution in [3.8, 4) is 22.9 Å². The molecule has 0 saturated carbocycles. The Bertz CT molecular complexity index is 1380. The minimum atomic E-state index is -0.725. The molecule has 3 aliphatic rings. The number of carboxylic acid groups (broad SMARTS) is 1. The molecule has 1 aromatic carbocycles. The van der Waals surface area contributed by atoms with Crippen LogP contribution in [0.2, 0.25) is 10.0 Å². The number of benzene rings is 1. The van der Waals surface area contributed by atoms with Crippen molar-refractivity contribution >= 4 is 35.1 Å². The third-order valence-electron chi connectivity index (χ3n) is 8.50. The van der Waals surface area contributed by atoms with E-state index in [-0.39, 0.29) is 12.3 Å². The Morgan fingerprint density at radius 1 is 1.00 bits per heavy atom. The highest BCUT2D eigenvalue weighted by molar-refractivity contribution is 6.35. The normalized spacial score (nSPS) is 21.8. The van der Waals surface area contributed by atoms with Crippen LogP contribution < -0.4 is 9.64 Å². The minimum Gasteiger partial charge on any atom is -0.481 e. The first-order chi connectivity index (χ1) is 19.8. The van der Waals surface area contributed by atoms with E-state index in [2.05, 4.69) is 31.7 Å². The summed E-state index contributed by atoms with van der Waals surface area (Å²) in [6.45, 7) is 5.45. The first kappa shape index (κ1) is 28.2. The summed E-state index contributed by atoms with van der Waals surface area (Å²) in [6, 6.07) is 10.0. The fourth-order valence-corrected chi connectivity index (χ4v) is 6.91. The van der Waals surface area contributed by atoms with Gasteiger partial charge < -0.3 is 19.6 Å². The number of nitrogens with zero attached hydrogens (tertiary/aromatic N) is 6. The smallest absolute Gasteiger partial charge is 0.303 e. The number of aliphatic carboxylic acids is 1. The van der Waals surface area contributed by atoms with Crippen molar-refractivity contribution in [2.45, 2.75) is 38.3 Å². The summed E-state index contributed by atoms with van der Waals surface area (Å²) >= 11 is 12.6. The van der Waals surface area contributed by atoms with E-state index in [0.29, 0.717) is 45.9 Å². The molecule has 0 bridgehead atoms. The van der Waals surface area contributed by atoms with Crippen LogP contribution in [-0.2, 0) is 11.3 Å². The molecule has 3 saturated heterocycles. The maximum atomic E-state index is 11.1. The third-order valence-corrected chi connectivity index (χ3v) is 8.94. The van der Waals surface area contributed by atoms with E-state index in [1.165, 1.54) is 0 Å². The quantitative estimate of drug-likeness (QED) is 0.363. The number of rotatable bonds is 8. The van der Waals surface area contributed by atoms with Crippen LogP contribution in [0.25, 0.3) is 11.3 Å². The average molecular weight is 598 g/mol. The zero-order chi connectivity index (χ0) is 28.5. The van der Waals surface area contributed by atoms with Crippen LogP contribution in [0.3, 0.4) is 0 Å². The minimum absolute atomic E-state index is 0.230. The number of fused-ring (bicyclic) bond motifs is 1. The largest absolute Gasteiger partial charge is 0.481 e. The molecule has 0 aliphatic carbocycles. The molecule has 3 aromatic rings. The number of anilines is 1. The van der Waals surface area contributed by atoms with E-state index in [9.17, 15) is 4.79 Å². The number of halogens is 2. The van der Waals surface area contributed by atoms with Gasteiger partial charge in [0, 0.05) is 66.2 Å². The molecular weight excluding hydrogens is 563 g/mol. The van der Waals surface area contributed by atoms with Gasteiger partial charge in [0.15, 0.2) is 5.75 Å². The molecule has 6 rings (SSSR count). The molecule has 216 valence electrons. The number of carbonyl (C=O) groups is 1. The molecule has 1 N–H and O–H groups in total. The Hall–Kier alpha value is -2.98. The van der Waals surface area contributed by atoms with Gasteiger partial charge in [-0.05, 0) is 75.1 Å². The first-order valence-corrected chi connectivity index (χ1v) is 14.9. The van der Waals surface area contributed by atoms with Crippen LogP contribution in [0.1, 0.15) is 31.2 Å². The summed E-state index contributed by atoms with van der Waals surface area (Å²) in [5, 5.41) is 10.2. The Kier molecular flexibility index (Phi) is 8.30. The van der Waals surface area contributed by atoms with Gasteiger partial charge in [0.2, 0.25) is 11.8 Å². The van der Waals surface area contributed by atoms with E-state index < -0.39 is 5.97 Å². The van der Waals surface area contributed by atoms with E-state index >= 15 is 0 Å². The van der Waals surface area contributed by atoms with Crippen molar-refractivity contribution in [1.29, 1.82) is 0 Å². The number of aromatic nitrogens is 3. The molecule has 0 spiro atoms. The van der Waals surface area contributed by atoms with E-state index in [1.54, 1.807) is 18.5 Å². The summed E-state index contributed by atoms with van der Waals surface area (Å²) in [4.78, 5) is 32.1. The maximum Gasteiger partial charge on any atom is 0.303 e. The van der Waals surface area contributed by atoms with Crippen LogP contribution in [0.15, 0.2) is 42.7 Å². The van der Waals surface area contributed by atoms with Gasteiger partial charge in [-0.1, -0.05) is 23.2 Å². The fourth-order valence-electron chi connectivity index (χ4n) is 6.38. The van der Waals surface area contributed by atoms with Crippen molar-refractivity contribution in [2.75, 3.05) is 44.7 Å². The number of hydrogen-bond donors (Lipinski definition) is 1. The maximum absolute atomic E-state index is 11.1. The first-order valence-electron chi connectivity index (χ1n) is 14.2. The van der Waals surface area contributed by atoms with Crippen molar-refractivity contribution < 1.29 is 14.6 Å². The molecule has 9 nitrogen and oxygen atoms in total. The summed E-state index contributed by atoms with van der Waals surface area (Å²) in [5.41, 5.74) is 2.53. The number of ether oxygens (including phenoxy) is 1. The van der Waals surface area contributed by atoms with E-state index in [1.807, 2.05) is 24.3 Å². The lowest BCUT2D eigenvalue weighted by molar-refractivity contribution is -0.138. The summed E-state index contributed by atoms with van der Waals surface area (Å²) in [5.74, 6) is 1.87. The van der Waals surface area contributed by atoms with E-state index in [4.69, 9.17) is 38.0 Å². The lowest BCUT2D eigenvalue weighted by Gasteiger charge is -2.51. The van der Waals surface area contributed by atoms with E-state index in [0.717, 1.165) is 69.1 Å². The highest BCUT2D eigenvalue weighted by Gasteiger charge is 2.40. The number of piperidine rings is 2. The molecule has 41 heavy (non-hydrogen) atoms. The molecule has 3 fully saturated rings. The Morgan fingerprint density at radius 3 is 2.39 bits per heavy atom. The topological polar surface area (TPSA) is 94.9 Å². The Morgan fingerprint density at radius 2 is 1.73 bits per heavy atom. The van der Waals surface area contributed by atoms with Gasteiger partial charge in [-0.15, -0.1) is 0 Å². The molecule has 11 heteroatoms. The molecule has 0 radical (unpaired) electrons. The number of hydrogen-bond acceptors (Lipinski definition) is 8. The molecular formula is C30H34Cl2N6O3. The lowest BCUT2D eigenvalue weighted by atomic mass is 9.83. The van der Waals surface area contributed by atoms with Gasteiger partial charge in [0.05, 0.1) is 18.1 Å².